The largest absolute Gasteiger partial charge is 0.381 e. The first-order valence-corrected chi connectivity index (χ1v) is 10.6. The van der Waals surface area contributed by atoms with Crippen LogP contribution in [0.2, 0.25) is 5.02 Å². The molecule has 1 fully saturated rings. The number of ether oxygens (including phenoxy) is 1. The van der Waals surface area contributed by atoms with E-state index < -0.39 is 10.0 Å². The van der Waals surface area contributed by atoms with Crippen LogP contribution < -0.4 is 15.4 Å². The predicted molar refractivity (Wildman–Crippen MR) is 104 cm³/mol. The zero-order valence-electron chi connectivity index (χ0n) is 15.0. The standard InChI is InChI=1S/C17H27ClN4O3S/c1-19-17(20-8-3-11-25-13-14-6-7-14)21-9-10-22-26(23,24)16-5-2-4-15(18)12-16/h2,4-5,12,14,22H,3,6-11,13H2,1H3,(H2,19,20,21). The van der Waals surface area contributed by atoms with E-state index in [4.69, 9.17) is 16.3 Å². The summed E-state index contributed by atoms with van der Waals surface area (Å²) in [6.45, 7) is 3.01. The Balaban J connectivity index is 1.59. The monoisotopic (exact) mass is 402 g/mol. The Morgan fingerprint density at radius 1 is 1.27 bits per heavy atom. The number of hydrogen-bond donors (Lipinski definition) is 3. The van der Waals surface area contributed by atoms with Gasteiger partial charge in [-0.05, 0) is 43.4 Å². The molecule has 26 heavy (non-hydrogen) atoms. The van der Waals surface area contributed by atoms with Crippen LogP contribution in [0.15, 0.2) is 34.2 Å². The highest BCUT2D eigenvalue weighted by Gasteiger charge is 2.20. The van der Waals surface area contributed by atoms with Gasteiger partial charge in [-0.25, -0.2) is 13.1 Å². The molecule has 0 radical (unpaired) electrons. The fourth-order valence-corrected chi connectivity index (χ4v) is 3.55. The number of nitrogens with zero attached hydrogens (tertiary/aromatic N) is 1. The summed E-state index contributed by atoms with van der Waals surface area (Å²) < 4.78 is 32.4. The number of halogens is 1. The molecule has 0 saturated heterocycles. The maximum atomic E-state index is 12.2. The van der Waals surface area contributed by atoms with Crippen LogP contribution in [0.1, 0.15) is 19.3 Å². The second-order valence-electron chi connectivity index (χ2n) is 6.15. The molecular formula is C17H27ClN4O3S. The molecule has 1 aliphatic carbocycles. The van der Waals surface area contributed by atoms with Gasteiger partial charge < -0.3 is 15.4 Å². The van der Waals surface area contributed by atoms with Crippen molar-refractivity contribution in [2.24, 2.45) is 10.9 Å². The van der Waals surface area contributed by atoms with Gasteiger partial charge in [-0.1, -0.05) is 17.7 Å². The molecule has 0 spiro atoms. The third-order valence-corrected chi connectivity index (χ3v) is 5.54. The van der Waals surface area contributed by atoms with Crippen molar-refractivity contribution in [3.8, 4) is 0 Å². The second-order valence-corrected chi connectivity index (χ2v) is 8.36. The van der Waals surface area contributed by atoms with Crippen molar-refractivity contribution in [1.82, 2.24) is 15.4 Å². The number of sulfonamides is 1. The third kappa shape index (κ3) is 7.90. The molecule has 0 aromatic heterocycles. The van der Waals surface area contributed by atoms with E-state index >= 15 is 0 Å². The molecule has 0 unspecified atom stereocenters. The molecule has 7 nitrogen and oxygen atoms in total. The summed E-state index contributed by atoms with van der Waals surface area (Å²) in [6.07, 6.45) is 3.50. The van der Waals surface area contributed by atoms with Crippen molar-refractivity contribution in [2.45, 2.75) is 24.2 Å². The van der Waals surface area contributed by atoms with Crippen molar-refractivity contribution in [2.75, 3.05) is 39.9 Å². The molecule has 0 heterocycles. The maximum absolute atomic E-state index is 12.2. The number of aliphatic imine (C=N–C) groups is 1. The van der Waals surface area contributed by atoms with E-state index in [1.54, 1.807) is 19.2 Å². The average molecular weight is 403 g/mol. The van der Waals surface area contributed by atoms with Crippen LogP contribution in [0.5, 0.6) is 0 Å². The summed E-state index contributed by atoms with van der Waals surface area (Å²) >= 11 is 5.83. The lowest BCUT2D eigenvalue weighted by atomic mass is 10.4. The number of nitrogens with one attached hydrogen (secondary N) is 3. The summed E-state index contributed by atoms with van der Waals surface area (Å²) in [7, 11) is -1.89. The molecule has 0 amide bonds. The first-order valence-electron chi connectivity index (χ1n) is 8.79. The molecule has 9 heteroatoms. The Morgan fingerprint density at radius 2 is 2.04 bits per heavy atom. The quantitative estimate of drug-likeness (QED) is 0.297. The molecule has 3 N–H and O–H groups in total. The molecular weight excluding hydrogens is 376 g/mol. The highest BCUT2D eigenvalue weighted by Crippen LogP contribution is 2.28. The van der Waals surface area contributed by atoms with Crippen molar-refractivity contribution >= 4 is 27.6 Å². The number of hydrogen-bond acceptors (Lipinski definition) is 4. The smallest absolute Gasteiger partial charge is 0.240 e. The first-order chi connectivity index (χ1) is 12.5. The van der Waals surface area contributed by atoms with Crippen molar-refractivity contribution in [3.05, 3.63) is 29.3 Å². The van der Waals surface area contributed by atoms with Crippen LogP contribution in [0.4, 0.5) is 0 Å². The number of benzene rings is 1. The van der Waals surface area contributed by atoms with E-state index in [1.807, 2.05) is 0 Å². The Morgan fingerprint density at radius 3 is 2.73 bits per heavy atom. The molecule has 1 aromatic carbocycles. The topological polar surface area (TPSA) is 91.8 Å². The minimum absolute atomic E-state index is 0.152. The molecule has 0 aliphatic heterocycles. The van der Waals surface area contributed by atoms with E-state index in [2.05, 4.69) is 20.3 Å². The Labute approximate surface area is 160 Å². The minimum atomic E-state index is -3.57. The van der Waals surface area contributed by atoms with Crippen molar-refractivity contribution in [1.29, 1.82) is 0 Å². The molecule has 1 aromatic rings. The minimum Gasteiger partial charge on any atom is -0.381 e. The Bertz CT molecular complexity index is 693. The van der Waals surface area contributed by atoms with E-state index in [1.165, 1.54) is 25.0 Å². The highest BCUT2D eigenvalue weighted by molar-refractivity contribution is 7.89. The van der Waals surface area contributed by atoms with Gasteiger partial charge in [0.05, 0.1) is 4.90 Å². The SMILES string of the molecule is CN=C(NCCCOCC1CC1)NCCNS(=O)(=O)c1cccc(Cl)c1. The Hall–Kier alpha value is -1.35. The van der Waals surface area contributed by atoms with Crippen LogP contribution in [-0.4, -0.2) is 54.3 Å². The first kappa shape index (κ1) is 21.0. The fraction of sp³-hybridized carbons (Fsp3) is 0.588. The van der Waals surface area contributed by atoms with Gasteiger partial charge >= 0.3 is 0 Å². The zero-order valence-corrected chi connectivity index (χ0v) is 16.6. The molecule has 2 rings (SSSR count). The third-order valence-electron chi connectivity index (χ3n) is 3.85. The molecule has 0 bridgehead atoms. The van der Waals surface area contributed by atoms with Gasteiger partial charge in [-0.3, -0.25) is 4.99 Å². The van der Waals surface area contributed by atoms with Gasteiger partial charge in [0.25, 0.3) is 0 Å². The fourth-order valence-electron chi connectivity index (χ4n) is 2.22. The van der Waals surface area contributed by atoms with E-state index in [9.17, 15) is 8.42 Å². The molecule has 1 saturated carbocycles. The van der Waals surface area contributed by atoms with Crippen LogP contribution in [0.3, 0.4) is 0 Å². The Kier molecular flexibility index (Phi) is 8.64. The van der Waals surface area contributed by atoms with Gasteiger partial charge in [0.15, 0.2) is 5.96 Å². The summed E-state index contributed by atoms with van der Waals surface area (Å²) in [6, 6.07) is 6.17. The lowest BCUT2D eigenvalue weighted by Crippen LogP contribution is -2.42. The number of rotatable bonds is 11. The van der Waals surface area contributed by atoms with Gasteiger partial charge in [0.2, 0.25) is 10.0 Å². The average Bonchev–Trinajstić information content (AvgIpc) is 3.44. The summed E-state index contributed by atoms with van der Waals surface area (Å²) in [5, 5.41) is 6.63. The van der Waals surface area contributed by atoms with Crippen LogP contribution in [0.25, 0.3) is 0 Å². The van der Waals surface area contributed by atoms with Crippen LogP contribution >= 0.6 is 11.6 Å². The van der Waals surface area contributed by atoms with E-state index in [0.717, 1.165) is 32.1 Å². The predicted octanol–water partition coefficient (Wildman–Crippen LogP) is 1.60. The van der Waals surface area contributed by atoms with Crippen molar-refractivity contribution in [3.63, 3.8) is 0 Å². The van der Waals surface area contributed by atoms with E-state index in [-0.39, 0.29) is 11.4 Å². The van der Waals surface area contributed by atoms with Gasteiger partial charge in [0, 0.05) is 44.9 Å². The van der Waals surface area contributed by atoms with Gasteiger partial charge in [-0.15, -0.1) is 0 Å². The lowest BCUT2D eigenvalue weighted by Gasteiger charge is -2.12. The lowest BCUT2D eigenvalue weighted by molar-refractivity contribution is 0.123. The number of guanidine groups is 1. The molecule has 1 aliphatic rings. The van der Waals surface area contributed by atoms with Crippen LogP contribution in [0, 0.1) is 5.92 Å². The molecule has 146 valence electrons. The van der Waals surface area contributed by atoms with Gasteiger partial charge in [0.1, 0.15) is 0 Å². The maximum Gasteiger partial charge on any atom is 0.240 e. The molecule has 0 atom stereocenters. The van der Waals surface area contributed by atoms with Crippen molar-refractivity contribution < 1.29 is 13.2 Å². The summed E-state index contributed by atoms with van der Waals surface area (Å²) in [4.78, 5) is 4.26. The van der Waals surface area contributed by atoms with Crippen LogP contribution in [-0.2, 0) is 14.8 Å². The zero-order chi connectivity index (χ0) is 18.8. The summed E-state index contributed by atoms with van der Waals surface area (Å²) in [5.41, 5.74) is 0. The normalized spacial score (nSPS) is 15.1. The summed E-state index contributed by atoms with van der Waals surface area (Å²) in [5.74, 6) is 1.42. The second kappa shape index (κ2) is 10.7. The highest BCUT2D eigenvalue weighted by atomic mass is 35.5. The van der Waals surface area contributed by atoms with Gasteiger partial charge in [-0.2, -0.15) is 0 Å². The van der Waals surface area contributed by atoms with E-state index in [0.29, 0.717) is 17.5 Å².